The van der Waals surface area contributed by atoms with Crippen LogP contribution >= 0.6 is 0 Å². The molecule has 1 aromatic heterocycles. The van der Waals surface area contributed by atoms with Crippen molar-refractivity contribution in [1.82, 2.24) is 9.97 Å². The summed E-state index contributed by atoms with van der Waals surface area (Å²) in [5, 5.41) is 2.59. The summed E-state index contributed by atoms with van der Waals surface area (Å²) in [4.78, 5) is 30.4. The van der Waals surface area contributed by atoms with Crippen LogP contribution in [0.2, 0.25) is 0 Å². The van der Waals surface area contributed by atoms with Gasteiger partial charge in [-0.1, -0.05) is 12.1 Å². The summed E-state index contributed by atoms with van der Waals surface area (Å²) in [5.41, 5.74) is 6.46. The molecule has 0 saturated carbocycles. The summed E-state index contributed by atoms with van der Waals surface area (Å²) >= 11 is 0. The number of methoxy groups -OCH3 is 1. The first kappa shape index (κ1) is 13.2. The number of nitrogens with one attached hydrogen (secondary N) is 2. The number of rotatable bonds is 2. The average Bonchev–Trinajstić information content (AvgIpc) is 2.45. The molecule has 1 aromatic carbocycles. The van der Waals surface area contributed by atoms with Crippen LogP contribution in [-0.4, -0.2) is 23.0 Å². The maximum absolute atomic E-state index is 12.1. The van der Waals surface area contributed by atoms with Gasteiger partial charge in [0.1, 0.15) is 11.6 Å². The molecule has 0 radical (unpaired) electrons. The van der Waals surface area contributed by atoms with Crippen LogP contribution in [0.4, 0.5) is 11.8 Å². The molecule has 1 amide bonds. The summed E-state index contributed by atoms with van der Waals surface area (Å²) in [5.74, 6) is 0.378. The minimum Gasteiger partial charge on any atom is -0.497 e. The SMILES string of the molecule is COc1ccc([C@H]2CC(=O)Nc3nc(N)[nH]c(=O)c32)cc1. The number of nitrogens with zero attached hydrogens (tertiary/aromatic N) is 1. The number of nitrogens with two attached hydrogens (primary N) is 1. The van der Waals surface area contributed by atoms with Crippen molar-refractivity contribution in [2.24, 2.45) is 0 Å². The fourth-order valence-electron chi connectivity index (χ4n) is 2.51. The van der Waals surface area contributed by atoms with E-state index in [0.717, 1.165) is 5.56 Å². The van der Waals surface area contributed by atoms with Crippen molar-refractivity contribution in [2.45, 2.75) is 12.3 Å². The molecular weight excluding hydrogens is 272 g/mol. The van der Waals surface area contributed by atoms with E-state index < -0.39 is 0 Å². The van der Waals surface area contributed by atoms with Gasteiger partial charge in [0.15, 0.2) is 0 Å². The number of benzene rings is 1. The minimum atomic E-state index is -0.350. The summed E-state index contributed by atoms with van der Waals surface area (Å²) in [6, 6.07) is 7.25. The van der Waals surface area contributed by atoms with Crippen LogP contribution in [0.15, 0.2) is 29.1 Å². The molecular formula is C14H14N4O3. The van der Waals surface area contributed by atoms with Gasteiger partial charge in [0.25, 0.3) is 5.56 Å². The van der Waals surface area contributed by atoms with Crippen molar-refractivity contribution >= 4 is 17.7 Å². The van der Waals surface area contributed by atoms with Gasteiger partial charge in [-0.05, 0) is 17.7 Å². The van der Waals surface area contributed by atoms with Gasteiger partial charge in [0.05, 0.1) is 12.7 Å². The number of amides is 1. The first-order valence-electron chi connectivity index (χ1n) is 6.42. The molecule has 0 aliphatic carbocycles. The lowest BCUT2D eigenvalue weighted by atomic mass is 9.87. The number of ether oxygens (including phenoxy) is 1. The first-order chi connectivity index (χ1) is 10.1. The van der Waals surface area contributed by atoms with Gasteiger partial charge < -0.3 is 15.8 Å². The highest BCUT2D eigenvalue weighted by atomic mass is 16.5. The fraction of sp³-hybridized carbons (Fsp3) is 0.214. The Balaban J connectivity index is 2.12. The first-order valence-corrected chi connectivity index (χ1v) is 6.42. The molecule has 0 saturated heterocycles. The molecule has 2 aromatic rings. The number of H-pyrrole nitrogens is 1. The van der Waals surface area contributed by atoms with Crippen LogP contribution in [0.1, 0.15) is 23.5 Å². The number of carbonyl (C=O) groups is 1. The normalized spacial score (nSPS) is 17.0. The maximum atomic E-state index is 12.1. The number of aromatic amines is 1. The van der Waals surface area contributed by atoms with Gasteiger partial charge >= 0.3 is 0 Å². The molecule has 1 aliphatic heterocycles. The molecule has 0 spiro atoms. The van der Waals surface area contributed by atoms with Gasteiger partial charge in [-0.2, -0.15) is 4.98 Å². The second-order valence-corrected chi connectivity index (χ2v) is 4.79. The van der Waals surface area contributed by atoms with E-state index >= 15 is 0 Å². The predicted octanol–water partition coefficient (Wildman–Crippen LogP) is 0.835. The van der Waals surface area contributed by atoms with Crippen LogP contribution in [0, 0.1) is 0 Å². The molecule has 21 heavy (non-hydrogen) atoms. The molecule has 3 rings (SSSR count). The van der Waals surface area contributed by atoms with Crippen molar-refractivity contribution in [1.29, 1.82) is 0 Å². The molecule has 7 nitrogen and oxygen atoms in total. The zero-order valence-corrected chi connectivity index (χ0v) is 11.3. The fourth-order valence-corrected chi connectivity index (χ4v) is 2.51. The third-order valence-corrected chi connectivity index (χ3v) is 3.49. The molecule has 0 unspecified atom stereocenters. The summed E-state index contributed by atoms with van der Waals surface area (Å²) in [6.45, 7) is 0. The van der Waals surface area contributed by atoms with Gasteiger partial charge in [-0.3, -0.25) is 14.6 Å². The lowest BCUT2D eigenvalue weighted by Crippen LogP contribution is -2.31. The Morgan fingerprint density at radius 3 is 2.67 bits per heavy atom. The van der Waals surface area contributed by atoms with Crippen LogP contribution in [0.3, 0.4) is 0 Å². The Hall–Kier alpha value is -2.83. The summed E-state index contributed by atoms with van der Waals surface area (Å²) < 4.78 is 5.11. The third-order valence-electron chi connectivity index (χ3n) is 3.49. The van der Waals surface area contributed by atoms with E-state index in [-0.39, 0.29) is 35.6 Å². The number of aromatic nitrogens is 2. The van der Waals surface area contributed by atoms with Crippen LogP contribution in [-0.2, 0) is 4.79 Å². The Morgan fingerprint density at radius 2 is 2.00 bits per heavy atom. The lowest BCUT2D eigenvalue weighted by Gasteiger charge is -2.24. The molecule has 0 bridgehead atoms. The zero-order valence-electron chi connectivity index (χ0n) is 11.3. The van der Waals surface area contributed by atoms with Crippen molar-refractivity contribution in [3.8, 4) is 5.75 Å². The number of fused-ring (bicyclic) bond motifs is 1. The topological polar surface area (TPSA) is 110 Å². The van der Waals surface area contributed by atoms with Crippen molar-refractivity contribution in [2.75, 3.05) is 18.2 Å². The average molecular weight is 286 g/mol. The van der Waals surface area contributed by atoms with E-state index in [1.807, 2.05) is 12.1 Å². The van der Waals surface area contributed by atoms with Gasteiger partial charge in [-0.15, -0.1) is 0 Å². The molecule has 1 atom stereocenters. The van der Waals surface area contributed by atoms with E-state index in [1.54, 1.807) is 19.2 Å². The zero-order chi connectivity index (χ0) is 15.0. The van der Waals surface area contributed by atoms with Gasteiger partial charge in [-0.25, -0.2) is 0 Å². The molecule has 1 aliphatic rings. The standard InChI is InChI=1S/C14H14N4O3/c1-21-8-4-2-7(3-5-8)9-6-10(19)16-12-11(9)13(20)18-14(15)17-12/h2-5,9H,6H2,1H3,(H4,15,16,17,18,19,20)/t9-/m1/s1. The molecule has 2 heterocycles. The minimum absolute atomic E-state index is 0.0190. The predicted molar refractivity (Wildman–Crippen MR) is 77.4 cm³/mol. The number of carbonyl (C=O) groups excluding carboxylic acids is 1. The second-order valence-electron chi connectivity index (χ2n) is 4.79. The maximum Gasteiger partial charge on any atom is 0.258 e. The largest absolute Gasteiger partial charge is 0.497 e. The van der Waals surface area contributed by atoms with E-state index in [1.165, 1.54) is 0 Å². The number of anilines is 2. The van der Waals surface area contributed by atoms with Crippen LogP contribution in [0.5, 0.6) is 5.75 Å². The van der Waals surface area contributed by atoms with Crippen LogP contribution in [0.25, 0.3) is 0 Å². The highest BCUT2D eigenvalue weighted by molar-refractivity contribution is 5.94. The van der Waals surface area contributed by atoms with E-state index in [4.69, 9.17) is 10.5 Å². The Labute approximate surface area is 120 Å². The Morgan fingerprint density at radius 1 is 1.29 bits per heavy atom. The van der Waals surface area contributed by atoms with E-state index in [9.17, 15) is 9.59 Å². The smallest absolute Gasteiger partial charge is 0.258 e. The molecule has 7 heteroatoms. The lowest BCUT2D eigenvalue weighted by molar-refractivity contribution is -0.116. The second kappa shape index (κ2) is 4.93. The van der Waals surface area contributed by atoms with Crippen molar-refractivity contribution in [3.05, 3.63) is 45.7 Å². The molecule has 0 fully saturated rings. The van der Waals surface area contributed by atoms with E-state index in [0.29, 0.717) is 11.3 Å². The van der Waals surface area contributed by atoms with Crippen LogP contribution < -0.4 is 21.3 Å². The highest BCUT2D eigenvalue weighted by Crippen LogP contribution is 2.34. The van der Waals surface area contributed by atoms with Crippen molar-refractivity contribution < 1.29 is 9.53 Å². The highest BCUT2D eigenvalue weighted by Gasteiger charge is 2.30. The molecule has 108 valence electrons. The third kappa shape index (κ3) is 2.33. The quantitative estimate of drug-likeness (QED) is 0.757. The monoisotopic (exact) mass is 286 g/mol. The van der Waals surface area contributed by atoms with Gasteiger partial charge in [0.2, 0.25) is 11.9 Å². The Kier molecular flexibility index (Phi) is 3.09. The number of nitrogen functional groups attached to an aromatic ring is 1. The summed E-state index contributed by atoms with van der Waals surface area (Å²) in [6.07, 6.45) is 0.188. The molecule has 4 N–H and O–H groups in total. The van der Waals surface area contributed by atoms with Gasteiger partial charge in [0, 0.05) is 12.3 Å². The number of hydrogen-bond acceptors (Lipinski definition) is 5. The van der Waals surface area contributed by atoms with E-state index in [2.05, 4.69) is 15.3 Å². The Bertz CT molecular complexity index is 752. The number of hydrogen-bond donors (Lipinski definition) is 3. The van der Waals surface area contributed by atoms with Crippen molar-refractivity contribution in [3.63, 3.8) is 0 Å². The summed E-state index contributed by atoms with van der Waals surface area (Å²) in [7, 11) is 1.58.